The predicted octanol–water partition coefficient (Wildman–Crippen LogP) is 5.31. The van der Waals surface area contributed by atoms with Gasteiger partial charge in [0.15, 0.2) is 0 Å². The van der Waals surface area contributed by atoms with Crippen molar-refractivity contribution in [3.05, 3.63) is 54.4 Å². The molecule has 1 amide bonds. The van der Waals surface area contributed by atoms with E-state index >= 15 is 0 Å². The van der Waals surface area contributed by atoms with Gasteiger partial charge in [0.2, 0.25) is 0 Å². The van der Waals surface area contributed by atoms with Gasteiger partial charge in [-0.2, -0.15) is 0 Å². The molecule has 0 radical (unpaired) electrons. The Morgan fingerprint density at radius 1 is 1.12 bits per heavy atom. The maximum Gasteiger partial charge on any atom is 0.411 e. The van der Waals surface area contributed by atoms with Crippen LogP contribution in [0.25, 0.3) is 0 Å². The molecule has 3 rings (SSSR count). The van der Waals surface area contributed by atoms with Crippen LogP contribution in [0.15, 0.2) is 48.6 Å². The van der Waals surface area contributed by atoms with Crippen LogP contribution in [-0.4, -0.2) is 12.7 Å². The standard InChI is InChI=1S/C20H24FNO2/c21-18-10-12-19(13-11-18)22-20(23)24-14-15-6-8-17(9-7-15)16-4-2-1-3-5-16/h1-4,10-13,15-17H,5-9,14H2,(H,22,23). The molecule has 2 aliphatic carbocycles. The van der Waals surface area contributed by atoms with Crippen molar-refractivity contribution >= 4 is 11.8 Å². The minimum absolute atomic E-state index is 0.325. The Hall–Kier alpha value is -2.10. The van der Waals surface area contributed by atoms with Crippen LogP contribution >= 0.6 is 0 Å². The molecule has 1 saturated carbocycles. The van der Waals surface area contributed by atoms with Crippen LogP contribution in [-0.2, 0) is 4.74 Å². The highest BCUT2D eigenvalue weighted by Gasteiger charge is 2.26. The molecular formula is C20H24FNO2. The lowest BCUT2D eigenvalue weighted by Crippen LogP contribution is -2.25. The van der Waals surface area contributed by atoms with Gasteiger partial charge < -0.3 is 4.74 Å². The van der Waals surface area contributed by atoms with Crippen molar-refractivity contribution in [1.29, 1.82) is 0 Å². The van der Waals surface area contributed by atoms with Gasteiger partial charge in [-0.1, -0.05) is 24.3 Å². The molecule has 1 aromatic rings. The molecule has 4 heteroatoms. The van der Waals surface area contributed by atoms with Crippen LogP contribution in [0, 0.1) is 23.6 Å². The maximum absolute atomic E-state index is 12.8. The Bertz CT molecular complexity index is 601. The number of ether oxygens (including phenoxy) is 1. The van der Waals surface area contributed by atoms with Crippen molar-refractivity contribution in [2.75, 3.05) is 11.9 Å². The second-order valence-electron chi connectivity index (χ2n) is 6.72. The van der Waals surface area contributed by atoms with Crippen LogP contribution in [0.1, 0.15) is 32.1 Å². The first kappa shape index (κ1) is 16.7. The van der Waals surface area contributed by atoms with E-state index < -0.39 is 6.09 Å². The summed E-state index contributed by atoms with van der Waals surface area (Å²) >= 11 is 0. The summed E-state index contributed by atoms with van der Waals surface area (Å²) in [6.07, 6.45) is 14.2. The number of nitrogens with one attached hydrogen (secondary N) is 1. The lowest BCUT2D eigenvalue weighted by atomic mass is 9.74. The molecular weight excluding hydrogens is 305 g/mol. The fourth-order valence-electron chi connectivity index (χ4n) is 3.61. The third-order valence-corrected chi connectivity index (χ3v) is 5.05. The van der Waals surface area contributed by atoms with Crippen molar-refractivity contribution in [3.8, 4) is 0 Å². The first-order chi connectivity index (χ1) is 11.7. The third kappa shape index (κ3) is 4.70. The molecule has 128 valence electrons. The van der Waals surface area contributed by atoms with Gasteiger partial charge in [-0.15, -0.1) is 0 Å². The molecule has 0 aliphatic heterocycles. The number of halogens is 1. The highest BCUT2D eigenvalue weighted by atomic mass is 19.1. The van der Waals surface area contributed by atoms with E-state index in [-0.39, 0.29) is 5.82 Å². The largest absolute Gasteiger partial charge is 0.449 e. The first-order valence-electron chi connectivity index (χ1n) is 8.73. The Kier molecular flexibility index (Phi) is 5.68. The van der Waals surface area contributed by atoms with E-state index in [1.807, 2.05) is 0 Å². The molecule has 3 nitrogen and oxygen atoms in total. The fourth-order valence-corrected chi connectivity index (χ4v) is 3.61. The van der Waals surface area contributed by atoms with E-state index in [0.717, 1.165) is 25.2 Å². The molecule has 2 aliphatic rings. The molecule has 0 bridgehead atoms. The molecule has 0 spiro atoms. The van der Waals surface area contributed by atoms with Gasteiger partial charge >= 0.3 is 6.09 Å². The van der Waals surface area contributed by atoms with Gasteiger partial charge in [-0.3, -0.25) is 5.32 Å². The van der Waals surface area contributed by atoms with Crippen LogP contribution in [0.2, 0.25) is 0 Å². The van der Waals surface area contributed by atoms with Crippen LogP contribution in [0.5, 0.6) is 0 Å². The topological polar surface area (TPSA) is 38.3 Å². The SMILES string of the molecule is O=C(Nc1ccc(F)cc1)OCC1CCC(C2C=CC=CC2)CC1. The zero-order valence-electron chi connectivity index (χ0n) is 13.8. The van der Waals surface area contributed by atoms with Gasteiger partial charge in [-0.05, 0) is 74.1 Å². The zero-order chi connectivity index (χ0) is 16.8. The van der Waals surface area contributed by atoms with Gasteiger partial charge in [-0.25, -0.2) is 9.18 Å². The highest BCUT2D eigenvalue weighted by molar-refractivity contribution is 5.84. The summed E-state index contributed by atoms with van der Waals surface area (Å²) < 4.78 is 18.2. The van der Waals surface area contributed by atoms with E-state index in [1.165, 1.54) is 37.1 Å². The average Bonchev–Trinajstić information content (AvgIpc) is 2.63. The lowest BCUT2D eigenvalue weighted by Gasteiger charge is -2.32. The summed E-state index contributed by atoms with van der Waals surface area (Å²) in [4.78, 5) is 11.8. The summed E-state index contributed by atoms with van der Waals surface area (Å²) in [7, 11) is 0. The van der Waals surface area contributed by atoms with Crippen molar-refractivity contribution in [2.45, 2.75) is 32.1 Å². The summed E-state index contributed by atoms with van der Waals surface area (Å²) in [6, 6.07) is 5.67. The number of benzene rings is 1. The normalized spacial score (nSPS) is 26.1. The molecule has 1 aromatic carbocycles. The van der Waals surface area contributed by atoms with Crippen LogP contribution in [0.3, 0.4) is 0 Å². The van der Waals surface area contributed by atoms with E-state index in [0.29, 0.717) is 24.1 Å². The zero-order valence-corrected chi connectivity index (χ0v) is 13.8. The molecule has 0 aromatic heterocycles. The Morgan fingerprint density at radius 3 is 2.54 bits per heavy atom. The number of rotatable bonds is 4. The molecule has 24 heavy (non-hydrogen) atoms. The number of hydrogen-bond donors (Lipinski definition) is 1. The van der Waals surface area contributed by atoms with Crippen molar-refractivity contribution < 1.29 is 13.9 Å². The average molecular weight is 329 g/mol. The Balaban J connectivity index is 1.37. The molecule has 1 unspecified atom stereocenters. The minimum Gasteiger partial charge on any atom is -0.449 e. The van der Waals surface area contributed by atoms with E-state index in [2.05, 4.69) is 29.6 Å². The second-order valence-corrected chi connectivity index (χ2v) is 6.72. The lowest BCUT2D eigenvalue weighted by molar-refractivity contribution is 0.115. The molecule has 1 atom stereocenters. The second kappa shape index (κ2) is 8.13. The molecule has 0 heterocycles. The predicted molar refractivity (Wildman–Crippen MR) is 93.2 cm³/mol. The van der Waals surface area contributed by atoms with Crippen molar-refractivity contribution in [3.63, 3.8) is 0 Å². The summed E-state index contributed by atoms with van der Waals surface area (Å²) in [6.45, 7) is 0.458. The quantitative estimate of drug-likeness (QED) is 0.812. The Labute approximate surface area is 142 Å². The van der Waals surface area contributed by atoms with Crippen molar-refractivity contribution in [1.82, 2.24) is 0 Å². The number of hydrogen-bond acceptors (Lipinski definition) is 2. The van der Waals surface area contributed by atoms with E-state index in [4.69, 9.17) is 4.74 Å². The summed E-state index contributed by atoms with van der Waals surface area (Å²) in [5.41, 5.74) is 0.544. The molecule has 0 saturated heterocycles. The van der Waals surface area contributed by atoms with Crippen molar-refractivity contribution in [2.24, 2.45) is 17.8 Å². The van der Waals surface area contributed by atoms with Gasteiger partial charge in [0.1, 0.15) is 5.82 Å². The monoisotopic (exact) mass is 329 g/mol. The number of carbonyl (C=O) groups excluding carboxylic acids is 1. The van der Waals surface area contributed by atoms with Crippen LogP contribution < -0.4 is 5.32 Å². The first-order valence-corrected chi connectivity index (χ1v) is 8.73. The number of amides is 1. The van der Waals surface area contributed by atoms with Gasteiger partial charge in [0.05, 0.1) is 6.61 Å². The maximum atomic E-state index is 12.8. The Morgan fingerprint density at radius 2 is 1.88 bits per heavy atom. The van der Waals surface area contributed by atoms with E-state index in [1.54, 1.807) is 0 Å². The molecule has 1 fully saturated rings. The minimum atomic E-state index is -0.468. The number of allylic oxidation sites excluding steroid dienone is 4. The smallest absolute Gasteiger partial charge is 0.411 e. The van der Waals surface area contributed by atoms with E-state index in [9.17, 15) is 9.18 Å². The summed E-state index contributed by atoms with van der Waals surface area (Å²) in [5, 5.41) is 2.62. The van der Waals surface area contributed by atoms with Crippen LogP contribution in [0.4, 0.5) is 14.9 Å². The van der Waals surface area contributed by atoms with Gasteiger partial charge in [0.25, 0.3) is 0 Å². The fraction of sp³-hybridized carbons (Fsp3) is 0.450. The third-order valence-electron chi connectivity index (χ3n) is 5.05. The number of carbonyl (C=O) groups is 1. The number of anilines is 1. The van der Waals surface area contributed by atoms with Gasteiger partial charge in [0, 0.05) is 5.69 Å². The highest BCUT2D eigenvalue weighted by Crippen LogP contribution is 2.36. The molecule has 1 N–H and O–H groups in total. The summed E-state index contributed by atoms with van der Waals surface area (Å²) in [5.74, 6) is 1.56.